The third-order valence-corrected chi connectivity index (χ3v) is 26.6. The highest BCUT2D eigenvalue weighted by Gasteiger charge is 2.45. The van der Waals surface area contributed by atoms with Crippen molar-refractivity contribution in [1.82, 2.24) is 0 Å². The highest BCUT2D eigenvalue weighted by atomic mass is 16.5. The Morgan fingerprint density at radius 2 is 0.421 bits per heavy atom. The zero-order chi connectivity index (χ0) is 80.4. The van der Waals surface area contributed by atoms with Crippen LogP contribution in [0, 0.1) is 11.8 Å². The van der Waals surface area contributed by atoms with Crippen LogP contribution in [0.25, 0.3) is 22.3 Å². The maximum atomic E-state index is 15.1. The van der Waals surface area contributed by atoms with E-state index < -0.39 is 11.9 Å². The van der Waals surface area contributed by atoms with Crippen molar-refractivity contribution >= 4 is 57.4 Å². The number of carbonyl (C=O) groups is 4. The predicted molar refractivity (Wildman–Crippen MR) is 491 cm³/mol. The first-order valence-corrected chi connectivity index (χ1v) is 50.2. The van der Waals surface area contributed by atoms with Gasteiger partial charge in [0.15, 0.2) is 0 Å². The van der Waals surface area contributed by atoms with Crippen LogP contribution in [-0.2, 0) is 19.2 Å². The molecule has 642 valence electrons. The molecule has 0 unspecified atom stereocenters. The lowest BCUT2D eigenvalue weighted by molar-refractivity contribution is -0.127. The molecule has 0 aliphatic carbocycles. The normalized spacial score (nSPS) is 15.1. The van der Waals surface area contributed by atoms with E-state index in [4.69, 9.17) is 9.47 Å². The summed E-state index contributed by atoms with van der Waals surface area (Å²) in [7, 11) is 0. The van der Waals surface area contributed by atoms with Crippen LogP contribution in [0.1, 0.15) is 512 Å². The monoisotopic (exact) mass is 1570 g/mol. The molecule has 0 fully saturated rings. The number of ether oxygens (including phenoxy) is 2. The first-order chi connectivity index (χ1) is 56.3. The maximum absolute atomic E-state index is 15.1. The van der Waals surface area contributed by atoms with Crippen LogP contribution in [0.5, 0.6) is 11.5 Å². The van der Waals surface area contributed by atoms with Gasteiger partial charge in [-0.3, -0.25) is 9.59 Å². The third-order valence-electron chi connectivity index (χ3n) is 26.6. The second-order valence-electron chi connectivity index (χ2n) is 36.5. The summed E-state index contributed by atoms with van der Waals surface area (Å²) in [5.74, 6) is 0.232. The van der Waals surface area contributed by atoms with Crippen molar-refractivity contribution < 1.29 is 28.7 Å². The van der Waals surface area contributed by atoms with E-state index >= 15 is 9.59 Å². The molecule has 0 spiro atoms. The van der Waals surface area contributed by atoms with Crippen molar-refractivity contribution in [2.24, 2.45) is 11.8 Å². The number of para-hydroxylation sites is 2. The van der Waals surface area contributed by atoms with E-state index in [2.05, 4.69) is 27.7 Å². The second kappa shape index (κ2) is 62.2. The lowest BCUT2D eigenvalue weighted by atomic mass is 9.90. The maximum Gasteiger partial charge on any atom is 0.345 e. The fourth-order valence-electron chi connectivity index (χ4n) is 19.5. The molecule has 7 rings (SSSR count). The van der Waals surface area contributed by atoms with Crippen LogP contribution in [0.15, 0.2) is 60.7 Å². The van der Waals surface area contributed by atoms with Gasteiger partial charge in [-0.15, -0.1) is 0 Å². The van der Waals surface area contributed by atoms with E-state index in [0.717, 1.165) is 48.2 Å². The van der Waals surface area contributed by atoms with Gasteiger partial charge in [0.1, 0.15) is 11.5 Å². The van der Waals surface area contributed by atoms with Gasteiger partial charge in [0.2, 0.25) is 0 Å². The van der Waals surface area contributed by atoms with E-state index in [1.54, 1.807) is 12.1 Å². The first-order valence-electron chi connectivity index (χ1n) is 50.2. The molecular weight excluding hydrogens is 1400 g/mol. The SMILES string of the molecule is CCCCCCCCCCCCCCCCCCC(CCCCCCCCCCCCCCCCCC)CCCN1C(=O)/C(=C2\C(=O)Oc3cc4c(cc32)OC(=O)/C4=C2/C(=O)N(CCCC(CCCCCCCCCCCCCCCCCC)CCCCCCCCCCCCCCCCCC)c3ccccc32)c2ccccc21. The van der Waals surface area contributed by atoms with Crippen molar-refractivity contribution in [3.05, 3.63) is 82.9 Å². The largest absolute Gasteiger partial charge is 0.422 e. The number of nitrogens with zero attached hydrogens (tertiary/aromatic N) is 2. The number of fused-ring (bicyclic) bond motifs is 4. The summed E-state index contributed by atoms with van der Waals surface area (Å²) in [5.41, 5.74) is 5.03. The molecule has 0 atom stereocenters. The second-order valence-corrected chi connectivity index (χ2v) is 36.5. The number of unbranched alkanes of at least 4 members (excludes halogenated alkanes) is 60. The molecule has 0 aromatic heterocycles. The van der Waals surface area contributed by atoms with E-state index in [1.165, 1.54) is 437 Å². The molecule has 0 saturated carbocycles. The van der Waals surface area contributed by atoms with Gasteiger partial charge in [0.25, 0.3) is 11.8 Å². The molecule has 3 aromatic carbocycles. The fraction of sp³-hybridized carbons (Fsp3) is 0.755. The van der Waals surface area contributed by atoms with Crippen LogP contribution in [0.2, 0.25) is 0 Å². The van der Waals surface area contributed by atoms with Gasteiger partial charge < -0.3 is 19.3 Å². The summed E-state index contributed by atoms with van der Waals surface area (Å²) >= 11 is 0. The van der Waals surface area contributed by atoms with Crippen molar-refractivity contribution in [2.75, 3.05) is 22.9 Å². The minimum atomic E-state index is -0.594. The molecule has 4 aliphatic heterocycles. The van der Waals surface area contributed by atoms with Gasteiger partial charge in [-0.25, -0.2) is 9.59 Å². The molecule has 4 heterocycles. The minimum Gasteiger partial charge on any atom is -0.422 e. The quantitative estimate of drug-likeness (QED) is 0.0242. The zero-order valence-corrected chi connectivity index (χ0v) is 74.6. The predicted octanol–water partition coefficient (Wildman–Crippen LogP) is 33.4. The Morgan fingerprint density at radius 3 is 0.640 bits per heavy atom. The molecule has 4 aliphatic rings. The number of anilines is 2. The van der Waals surface area contributed by atoms with Gasteiger partial charge >= 0.3 is 11.9 Å². The Balaban J connectivity index is 0.923. The Bertz CT molecular complexity index is 2840. The summed E-state index contributed by atoms with van der Waals surface area (Å²) < 4.78 is 12.3. The number of benzene rings is 3. The Labute approximate surface area is 701 Å². The fourth-order valence-corrected chi connectivity index (χ4v) is 19.5. The summed E-state index contributed by atoms with van der Waals surface area (Å²) in [6.07, 6.45) is 97.4. The summed E-state index contributed by atoms with van der Waals surface area (Å²) in [4.78, 5) is 62.9. The van der Waals surface area contributed by atoms with Crippen LogP contribution in [0.3, 0.4) is 0 Å². The molecule has 8 heteroatoms. The number of hydrogen-bond acceptors (Lipinski definition) is 6. The molecule has 2 amide bonds. The lowest BCUT2D eigenvalue weighted by Gasteiger charge is -2.21. The average molecular weight is 1570 g/mol. The Kier molecular flexibility index (Phi) is 52.5. The van der Waals surface area contributed by atoms with Crippen LogP contribution in [-0.4, -0.2) is 36.8 Å². The van der Waals surface area contributed by atoms with Crippen LogP contribution >= 0.6 is 0 Å². The van der Waals surface area contributed by atoms with Gasteiger partial charge in [0.05, 0.1) is 33.7 Å². The van der Waals surface area contributed by atoms with Gasteiger partial charge in [-0.1, -0.05) is 501 Å². The van der Waals surface area contributed by atoms with E-state index in [-0.39, 0.29) is 34.5 Å². The number of carbonyl (C=O) groups excluding carboxylic acids is 4. The van der Waals surface area contributed by atoms with Crippen molar-refractivity contribution in [1.29, 1.82) is 0 Å². The summed E-state index contributed by atoms with van der Waals surface area (Å²) in [6.45, 7) is 10.4. The van der Waals surface area contributed by atoms with Crippen molar-refractivity contribution in [3.63, 3.8) is 0 Å². The lowest BCUT2D eigenvalue weighted by Crippen LogP contribution is -2.28. The van der Waals surface area contributed by atoms with Gasteiger partial charge in [-0.05, 0) is 61.8 Å². The van der Waals surface area contributed by atoms with Crippen molar-refractivity contribution in [3.8, 4) is 11.5 Å². The van der Waals surface area contributed by atoms with E-state index in [1.807, 2.05) is 58.3 Å². The Hall–Kier alpha value is -4.98. The molecule has 3 aromatic rings. The molecule has 0 N–H and O–H groups in total. The number of amides is 2. The van der Waals surface area contributed by atoms with E-state index in [0.29, 0.717) is 47.2 Å². The molecule has 114 heavy (non-hydrogen) atoms. The van der Waals surface area contributed by atoms with E-state index in [9.17, 15) is 9.59 Å². The topological polar surface area (TPSA) is 93.2 Å². The van der Waals surface area contributed by atoms with Crippen molar-refractivity contribution in [2.45, 2.75) is 490 Å². The smallest absolute Gasteiger partial charge is 0.345 e. The Morgan fingerprint density at radius 1 is 0.228 bits per heavy atom. The van der Waals surface area contributed by atoms with Crippen LogP contribution in [0.4, 0.5) is 11.4 Å². The molecule has 0 bridgehead atoms. The molecular formula is C106H172N2O6. The zero-order valence-electron chi connectivity index (χ0n) is 74.6. The number of rotatable bonds is 76. The number of esters is 2. The summed E-state index contributed by atoms with van der Waals surface area (Å²) in [6, 6.07) is 19.2. The molecule has 0 radical (unpaired) electrons. The molecule has 0 saturated heterocycles. The highest BCUT2D eigenvalue weighted by Crippen LogP contribution is 2.52. The van der Waals surface area contributed by atoms with Crippen LogP contribution < -0.4 is 19.3 Å². The first kappa shape index (κ1) is 96.2. The molecule has 8 nitrogen and oxygen atoms in total. The van der Waals surface area contributed by atoms with Gasteiger partial charge in [0, 0.05) is 35.3 Å². The van der Waals surface area contributed by atoms with Gasteiger partial charge in [-0.2, -0.15) is 0 Å². The average Bonchev–Trinajstić information content (AvgIpc) is 1.57. The summed E-state index contributed by atoms with van der Waals surface area (Å²) in [5, 5.41) is 0. The highest BCUT2D eigenvalue weighted by molar-refractivity contribution is 6.48. The standard InChI is InChI=1S/C106H172N2O6/c1-5-9-13-17-21-25-29-33-37-41-45-49-53-57-61-65-75-89(76-66-62-58-54-50-46-42-38-34-30-26-22-18-14-10-6-2)79-73-85-107-95-83-71-69-81-91(95)99(103(107)109)101-93-87-98-94(88-97(93)113-105(101)111)102(106(112)114-98)100-92-82-70-72-84-96(92)108(104(100)110)86-74-80-90(77-67-63-59-55-51-47-43-39-35-31-27-23-19-15-11-7-3)78-68-64-60-56-52-48-44-40-36-32-28-24-20-16-12-8-4/h69-72,81-84,87-90H,5-68,73-80,85-86H2,1-4H3/b101-99-,102-100+. The third kappa shape index (κ3) is 36.7. The minimum absolute atomic E-state index is 0.191. The number of hydrogen-bond donors (Lipinski definition) is 0.